The number of carboxylic acids is 2. The number of rotatable bonds is 2. The van der Waals surface area contributed by atoms with E-state index in [4.69, 9.17) is 10.2 Å². The summed E-state index contributed by atoms with van der Waals surface area (Å²) in [6, 6.07) is -0.740. The standard InChI is InChI=1S/C10H13NO4/c1-4-2-5(9(12)13)7-6(4)3-11-8(7)10(14)15/h5-8,11H,1-3H2,(H,12,13)(H,14,15)/t5-,6+,7-,8-/m0/s1. The van der Waals surface area contributed by atoms with Gasteiger partial charge in [-0.1, -0.05) is 12.2 Å². The van der Waals surface area contributed by atoms with Crippen molar-refractivity contribution in [2.45, 2.75) is 12.5 Å². The largest absolute Gasteiger partial charge is 0.481 e. The summed E-state index contributed by atoms with van der Waals surface area (Å²) in [5, 5.41) is 20.8. The molecule has 1 aliphatic carbocycles. The Hall–Kier alpha value is -1.36. The Bertz CT molecular complexity index is 338. The smallest absolute Gasteiger partial charge is 0.321 e. The van der Waals surface area contributed by atoms with Crippen molar-refractivity contribution < 1.29 is 19.8 Å². The van der Waals surface area contributed by atoms with Crippen LogP contribution in [0.2, 0.25) is 0 Å². The van der Waals surface area contributed by atoms with Crippen LogP contribution in [-0.2, 0) is 9.59 Å². The number of carboxylic acid groups (broad SMARTS) is 2. The molecule has 0 unspecified atom stereocenters. The van der Waals surface area contributed by atoms with Crippen molar-refractivity contribution in [1.29, 1.82) is 0 Å². The predicted molar refractivity (Wildman–Crippen MR) is 51.3 cm³/mol. The minimum atomic E-state index is -0.969. The number of nitrogens with one attached hydrogen (secondary N) is 1. The minimum Gasteiger partial charge on any atom is -0.481 e. The predicted octanol–water partition coefficient (Wildman–Crippen LogP) is -0.0641. The molecule has 2 aliphatic rings. The van der Waals surface area contributed by atoms with Crippen LogP contribution in [0.1, 0.15) is 6.42 Å². The number of hydrogen-bond acceptors (Lipinski definition) is 3. The Labute approximate surface area is 86.8 Å². The molecule has 1 saturated heterocycles. The van der Waals surface area contributed by atoms with Crippen LogP contribution in [0.25, 0.3) is 0 Å². The maximum atomic E-state index is 11.0. The first-order valence-corrected chi connectivity index (χ1v) is 4.89. The molecule has 0 bridgehead atoms. The van der Waals surface area contributed by atoms with Crippen LogP contribution in [0.3, 0.4) is 0 Å². The third-order valence-corrected chi connectivity index (χ3v) is 3.46. The molecule has 2 rings (SSSR count). The Morgan fingerprint density at radius 1 is 1.33 bits per heavy atom. The fraction of sp³-hybridized carbons (Fsp3) is 0.600. The van der Waals surface area contributed by atoms with Gasteiger partial charge in [0.25, 0.3) is 0 Å². The zero-order valence-electron chi connectivity index (χ0n) is 8.14. The molecule has 1 aliphatic heterocycles. The van der Waals surface area contributed by atoms with E-state index in [0.29, 0.717) is 13.0 Å². The summed E-state index contributed by atoms with van der Waals surface area (Å²) in [4.78, 5) is 21.9. The quantitative estimate of drug-likeness (QED) is 0.557. The molecule has 4 atom stereocenters. The van der Waals surface area contributed by atoms with Crippen molar-refractivity contribution in [3.05, 3.63) is 12.2 Å². The summed E-state index contributed by atoms with van der Waals surface area (Å²) in [6.07, 6.45) is 0.413. The highest BCUT2D eigenvalue weighted by Crippen LogP contribution is 2.45. The van der Waals surface area contributed by atoms with Crippen LogP contribution < -0.4 is 5.32 Å². The molecule has 5 heteroatoms. The SMILES string of the molecule is C=C1C[C@H](C(=O)O)[C@H]2[C@@H]1CN[C@@H]2C(=O)O. The van der Waals surface area contributed by atoms with Gasteiger partial charge < -0.3 is 15.5 Å². The van der Waals surface area contributed by atoms with E-state index >= 15 is 0 Å². The maximum absolute atomic E-state index is 11.0. The van der Waals surface area contributed by atoms with Crippen LogP contribution in [0.15, 0.2) is 12.2 Å². The average Bonchev–Trinajstić information content (AvgIpc) is 2.66. The minimum absolute atomic E-state index is 0.00667. The summed E-state index contributed by atoms with van der Waals surface area (Å²) in [5.74, 6) is -2.82. The number of hydrogen-bond donors (Lipinski definition) is 3. The second-order valence-corrected chi connectivity index (χ2v) is 4.22. The molecular weight excluding hydrogens is 198 g/mol. The first kappa shape index (κ1) is 10.2. The molecule has 1 saturated carbocycles. The summed E-state index contributed by atoms with van der Waals surface area (Å²) in [5.41, 5.74) is 0.864. The second kappa shape index (κ2) is 3.34. The van der Waals surface area contributed by atoms with Crippen molar-refractivity contribution in [3.63, 3.8) is 0 Å². The fourth-order valence-corrected chi connectivity index (χ4v) is 2.76. The van der Waals surface area contributed by atoms with Crippen molar-refractivity contribution in [2.75, 3.05) is 6.54 Å². The highest BCUT2D eigenvalue weighted by Gasteiger charge is 2.52. The van der Waals surface area contributed by atoms with Crippen LogP contribution in [-0.4, -0.2) is 34.7 Å². The van der Waals surface area contributed by atoms with E-state index < -0.39 is 23.9 Å². The third-order valence-electron chi connectivity index (χ3n) is 3.46. The van der Waals surface area contributed by atoms with Crippen molar-refractivity contribution in [2.24, 2.45) is 17.8 Å². The Morgan fingerprint density at radius 3 is 2.53 bits per heavy atom. The van der Waals surface area contributed by atoms with E-state index in [-0.39, 0.29) is 11.8 Å². The first-order chi connectivity index (χ1) is 7.02. The van der Waals surface area contributed by atoms with E-state index in [2.05, 4.69) is 11.9 Å². The zero-order valence-corrected chi connectivity index (χ0v) is 8.14. The van der Waals surface area contributed by atoms with Gasteiger partial charge in [-0.15, -0.1) is 0 Å². The lowest BCUT2D eigenvalue weighted by molar-refractivity contribution is -0.145. The van der Waals surface area contributed by atoms with Crippen LogP contribution >= 0.6 is 0 Å². The van der Waals surface area contributed by atoms with Gasteiger partial charge in [0.2, 0.25) is 0 Å². The molecule has 0 aromatic rings. The molecule has 3 N–H and O–H groups in total. The lowest BCUT2D eigenvalue weighted by Crippen LogP contribution is -2.39. The van der Waals surface area contributed by atoms with Gasteiger partial charge >= 0.3 is 11.9 Å². The van der Waals surface area contributed by atoms with Crippen LogP contribution in [0.4, 0.5) is 0 Å². The zero-order chi connectivity index (χ0) is 11.2. The molecule has 2 fully saturated rings. The van der Waals surface area contributed by atoms with Gasteiger partial charge in [0.15, 0.2) is 0 Å². The van der Waals surface area contributed by atoms with Gasteiger partial charge in [0, 0.05) is 12.5 Å². The van der Waals surface area contributed by atoms with Crippen molar-refractivity contribution in [3.8, 4) is 0 Å². The lowest BCUT2D eigenvalue weighted by atomic mass is 9.86. The summed E-state index contributed by atoms with van der Waals surface area (Å²) < 4.78 is 0. The van der Waals surface area contributed by atoms with Gasteiger partial charge in [-0.2, -0.15) is 0 Å². The highest BCUT2D eigenvalue weighted by atomic mass is 16.4. The lowest BCUT2D eigenvalue weighted by Gasteiger charge is -2.18. The molecule has 0 aromatic carbocycles. The monoisotopic (exact) mass is 211 g/mol. The van der Waals surface area contributed by atoms with E-state index in [9.17, 15) is 9.59 Å². The molecule has 0 spiro atoms. The molecule has 15 heavy (non-hydrogen) atoms. The topological polar surface area (TPSA) is 86.6 Å². The van der Waals surface area contributed by atoms with E-state index in [1.807, 2.05) is 0 Å². The van der Waals surface area contributed by atoms with Crippen LogP contribution in [0, 0.1) is 17.8 Å². The third kappa shape index (κ3) is 1.43. The van der Waals surface area contributed by atoms with E-state index in [1.165, 1.54) is 0 Å². The Balaban J connectivity index is 2.28. The number of fused-ring (bicyclic) bond motifs is 1. The Morgan fingerprint density at radius 2 is 2.00 bits per heavy atom. The van der Waals surface area contributed by atoms with Crippen molar-refractivity contribution >= 4 is 11.9 Å². The first-order valence-electron chi connectivity index (χ1n) is 4.89. The van der Waals surface area contributed by atoms with E-state index in [1.54, 1.807) is 0 Å². The van der Waals surface area contributed by atoms with Crippen LogP contribution in [0.5, 0.6) is 0 Å². The molecule has 0 amide bonds. The summed E-state index contributed by atoms with van der Waals surface area (Å²) in [6.45, 7) is 4.36. The summed E-state index contributed by atoms with van der Waals surface area (Å²) >= 11 is 0. The average molecular weight is 211 g/mol. The molecule has 5 nitrogen and oxygen atoms in total. The summed E-state index contributed by atoms with van der Waals surface area (Å²) in [7, 11) is 0. The van der Waals surface area contributed by atoms with Gasteiger partial charge in [0.05, 0.1) is 5.92 Å². The molecule has 0 radical (unpaired) electrons. The van der Waals surface area contributed by atoms with Crippen molar-refractivity contribution in [1.82, 2.24) is 5.32 Å². The fourth-order valence-electron chi connectivity index (χ4n) is 2.76. The number of carbonyl (C=O) groups is 2. The van der Waals surface area contributed by atoms with Gasteiger partial charge in [0.1, 0.15) is 6.04 Å². The molecular formula is C10H13NO4. The van der Waals surface area contributed by atoms with Gasteiger partial charge in [-0.3, -0.25) is 9.59 Å². The second-order valence-electron chi connectivity index (χ2n) is 4.22. The molecule has 0 aromatic heterocycles. The Kier molecular flexibility index (Phi) is 2.26. The number of aliphatic carboxylic acids is 2. The van der Waals surface area contributed by atoms with Gasteiger partial charge in [-0.25, -0.2) is 0 Å². The highest BCUT2D eigenvalue weighted by molar-refractivity contribution is 5.78. The molecule has 82 valence electrons. The van der Waals surface area contributed by atoms with Gasteiger partial charge in [-0.05, 0) is 12.3 Å². The van der Waals surface area contributed by atoms with E-state index in [0.717, 1.165) is 5.57 Å². The normalized spacial score (nSPS) is 39.1. The molecule has 1 heterocycles. The maximum Gasteiger partial charge on any atom is 0.321 e.